The molecule has 0 amide bonds. The van der Waals surface area contributed by atoms with Crippen LogP contribution in [0.2, 0.25) is 0 Å². The number of benzene rings is 1. The maximum atomic E-state index is 13.0. The molecule has 1 fully saturated rings. The normalized spacial score (nSPS) is 24.6. The van der Waals surface area contributed by atoms with E-state index in [1.807, 2.05) is 6.92 Å². The van der Waals surface area contributed by atoms with Crippen LogP contribution in [-0.2, 0) is 6.42 Å². The summed E-state index contributed by atoms with van der Waals surface area (Å²) in [5.74, 6) is 0.675. The highest BCUT2D eigenvalue weighted by atomic mass is 19.1. The third kappa shape index (κ3) is 1.59. The molecule has 0 unspecified atom stereocenters. The standard InChI is InChI=1S/C17H17FN2O/c1-9-14-13(8-12-15(14)17(12,2)3)20(19-9)16(21)10-4-6-11(18)7-5-10/h4-7,12,15H,8H2,1-3H3/t12-,15-/m1/s1. The Labute approximate surface area is 122 Å². The number of aromatic nitrogens is 2. The van der Waals surface area contributed by atoms with Gasteiger partial charge in [-0.05, 0) is 54.9 Å². The number of nitrogens with zero attached hydrogens (tertiary/aromatic N) is 2. The van der Waals surface area contributed by atoms with Crippen LogP contribution in [0, 0.1) is 24.1 Å². The van der Waals surface area contributed by atoms with Gasteiger partial charge < -0.3 is 0 Å². The maximum Gasteiger partial charge on any atom is 0.278 e. The molecule has 2 aromatic rings. The highest BCUT2D eigenvalue weighted by Gasteiger charge is 2.64. The monoisotopic (exact) mass is 284 g/mol. The molecule has 2 aliphatic carbocycles. The fourth-order valence-electron chi connectivity index (χ4n) is 3.98. The van der Waals surface area contributed by atoms with Crippen LogP contribution in [0.5, 0.6) is 0 Å². The third-order valence-electron chi connectivity index (χ3n) is 5.26. The van der Waals surface area contributed by atoms with Gasteiger partial charge in [0.2, 0.25) is 0 Å². The van der Waals surface area contributed by atoms with Gasteiger partial charge >= 0.3 is 0 Å². The Balaban J connectivity index is 1.75. The van der Waals surface area contributed by atoms with Gasteiger partial charge in [0, 0.05) is 11.1 Å². The number of carbonyl (C=O) groups excluding carboxylic acids is 1. The van der Waals surface area contributed by atoms with Gasteiger partial charge in [0.15, 0.2) is 0 Å². The Hall–Kier alpha value is -1.97. The Kier molecular flexibility index (Phi) is 2.31. The molecule has 1 saturated carbocycles. The molecule has 1 aromatic carbocycles. The first-order chi connectivity index (χ1) is 9.91. The first-order valence-corrected chi connectivity index (χ1v) is 7.30. The minimum atomic E-state index is -0.337. The van der Waals surface area contributed by atoms with Crippen molar-refractivity contribution in [1.82, 2.24) is 9.78 Å². The van der Waals surface area contributed by atoms with Gasteiger partial charge in [-0.15, -0.1) is 0 Å². The van der Waals surface area contributed by atoms with Gasteiger partial charge in [0.1, 0.15) is 5.82 Å². The minimum Gasteiger partial charge on any atom is -0.267 e. The van der Waals surface area contributed by atoms with E-state index in [9.17, 15) is 9.18 Å². The van der Waals surface area contributed by atoms with Crippen LogP contribution in [0.1, 0.15) is 47.1 Å². The lowest BCUT2D eigenvalue weighted by molar-refractivity contribution is 0.0940. The number of aryl methyl sites for hydroxylation is 1. The molecule has 108 valence electrons. The molecule has 0 bridgehead atoms. The summed E-state index contributed by atoms with van der Waals surface area (Å²) in [7, 11) is 0. The summed E-state index contributed by atoms with van der Waals surface area (Å²) in [6.45, 7) is 6.54. The molecule has 4 heteroatoms. The minimum absolute atomic E-state index is 0.168. The molecular formula is C17H17FN2O. The number of hydrogen-bond acceptors (Lipinski definition) is 2. The van der Waals surface area contributed by atoms with Gasteiger partial charge in [0.25, 0.3) is 5.91 Å². The highest BCUT2D eigenvalue weighted by Crippen LogP contribution is 2.70. The highest BCUT2D eigenvalue weighted by molar-refractivity contribution is 5.96. The SMILES string of the molecule is Cc1nn(C(=O)c2ccc(F)cc2)c2c1[C@H]1[C@@H](C2)C1(C)C. The van der Waals surface area contributed by atoms with Crippen LogP contribution in [0.4, 0.5) is 4.39 Å². The van der Waals surface area contributed by atoms with Crippen LogP contribution >= 0.6 is 0 Å². The fourth-order valence-corrected chi connectivity index (χ4v) is 3.98. The molecule has 0 spiro atoms. The van der Waals surface area contributed by atoms with Crippen LogP contribution < -0.4 is 0 Å². The molecule has 2 aliphatic rings. The summed E-state index contributed by atoms with van der Waals surface area (Å²) in [6, 6.07) is 5.65. The molecular weight excluding hydrogens is 267 g/mol. The number of fused-ring (bicyclic) bond motifs is 3. The first-order valence-electron chi connectivity index (χ1n) is 7.30. The van der Waals surface area contributed by atoms with Crippen molar-refractivity contribution in [3.05, 3.63) is 52.6 Å². The molecule has 0 N–H and O–H groups in total. The molecule has 4 rings (SSSR count). The predicted molar refractivity (Wildman–Crippen MR) is 76.8 cm³/mol. The van der Waals surface area contributed by atoms with Crippen molar-refractivity contribution < 1.29 is 9.18 Å². The van der Waals surface area contributed by atoms with Crippen LogP contribution in [0.15, 0.2) is 24.3 Å². The Morgan fingerprint density at radius 3 is 2.67 bits per heavy atom. The predicted octanol–water partition coefficient (Wildman–Crippen LogP) is 3.31. The first kappa shape index (κ1) is 12.7. The topological polar surface area (TPSA) is 34.9 Å². The van der Waals surface area contributed by atoms with E-state index in [4.69, 9.17) is 0 Å². The third-order valence-corrected chi connectivity index (χ3v) is 5.26. The summed E-state index contributed by atoms with van der Waals surface area (Å²) in [5.41, 5.74) is 4.08. The van der Waals surface area contributed by atoms with E-state index in [0.717, 1.165) is 17.8 Å². The van der Waals surface area contributed by atoms with E-state index in [-0.39, 0.29) is 11.7 Å². The second-order valence-corrected chi connectivity index (χ2v) is 6.78. The number of rotatable bonds is 1. The van der Waals surface area contributed by atoms with Crippen molar-refractivity contribution >= 4 is 5.91 Å². The van der Waals surface area contributed by atoms with E-state index in [1.54, 1.807) is 0 Å². The second kappa shape index (κ2) is 3.81. The molecule has 2 atom stereocenters. The Morgan fingerprint density at radius 2 is 2.00 bits per heavy atom. The largest absolute Gasteiger partial charge is 0.278 e. The lowest BCUT2D eigenvalue weighted by Gasteiger charge is -2.10. The van der Waals surface area contributed by atoms with E-state index in [1.165, 1.54) is 34.5 Å². The van der Waals surface area contributed by atoms with E-state index < -0.39 is 0 Å². The molecule has 1 heterocycles. The molecule has 0 saturated heterocycles. The summed E-state index contributed by atoms with van der Waals surface area (Å²) >= 11 is 0. The number of carbonyl (C=O) groups is 1. The van der Waals surface area contributed by atoms with Crippen molar-refractivity contribution in [2.24, 2.45) is 11.3 Å². The number of hydrogen-bond donors (Lipinski definition) is 0. The average Bonchev–Trinajstić information content (AvgIpc) is 2.82. The number of halogens is 1. The van der Waals surface area contributed by atoms with Crippen LogP contribution in [0.3, 0.4) is 0 Å². The fraction of sp³-hybridized carbons (Fsp3) is 0.412. The summed E-state index contributed by atoms with van der Waals surface area (Å²) in [5, 5.41) is 4.45. The van der Waals surface area contributed by atoms with Crippen molar-refractivity contribution in [2.45, 2.75) is 33.1 Å². The summed E-state index contributed by atoms with van der Waals surface area (Å²) in [6.07, 6.45) is 0.917. The van der Waals surface area contributed by atoms with E-state index >= 15 is 0 Å². The van der Waals surface area contributed by atoms with Gasteiger partial charge in [-0.1, -0.05) is 13.8 Å². The Bertz CT molecular complexity index is 758. The van der Waals surface area contributed by atoms with Crippen LogP contribution in [-0.4, -0.2) is 15.7 Å². The van der Waals surface area contributed by atoms with Crippen LogP contribution in [0.25, 0.3) is 0 Å². The van der Waals surface area contributed by atoms with Crippen molar-refractivity contribution in [1.29, 1.82) is 0 Å². The Morgan fingerprint density at radius 1 is 1.33 bits per heavy atom. The molecule has 3 nitrogen and oxygen atoms in total. The zero-order chi connectivity index (χ0) is 14.9. The quantitative estimate of drug-likeness (QED) is 0.805. The maximum absolute atomic E-state index is 13.0. The smallest absolute Gasteiger partial charge is 0.267 e. The van der Waals surface area contributed by atoms with Gasteiger partial charge in [-0.3, -0.25) is 4.79 Å². The zero-order valence-corrected chi connectivity index (χ0v) is 12.4. The van der Waals surface area contributed by atoms with Gasteiger partial charge in [-0.25, -0.2) is 9.07 Å². The van der Waals surface area contributed by atoms with E-state index in [2.05, 4.69) is 18.9 Å². The molecule has 0 aliphatic heterocycles. The molecule has 21 heavy (non-hydrogen) atoms. The lowest BCUT2D eigenvalue weighted by Crippen LogP contribution is -2.17. The van der Waals surface area contributed by atoms with Gasteiger partial charge in [-0.2, -0.15) is 5.10 Å². The lowest BCUT2D eigenvalue weighted by atomic mass is 9.98. The second-order valence-electron chi connectivity index (χ2n) is 6.78. The van der Waals surface area contributed by atoms with Gasteiger partial charge in [0.05, 0.1) is 11.4 Å². The average molecular weight is 284 g/mol. The van der Waals surface area contributed by atoms with Crippen molar-refractivity contribution in [2.75, 3.05) is 0 Å². The molecule has 1 aromatic heterocycles. The van der Waals surface area contributed by atoms with E-state index in [0.29, 0.717) is 22.8 Å². The zero-order valence-electron chi connectivity index (χ0n) is 12.4. The molecule has 0 radical (unpaired) electrons. The van der Waals surface area contributed by atoms with Crippen molar-refractivity contribution in [3.63, 3.8) is 0 Å². The summed E-state index contributed by atoms with van der Waals surface area (Å²) in [4.78, 5) is 12.6. The van der Waals surface area contributed by atoms with Crippen molar-refractivity contribution in [3.8, 4) is 0 Å². The summed E-state index contributed by atoms with van der Waals surface area (Å²) < 4.78 is 14.5.